The Morgan fingerprint density at radius 1 is 0.897 bits per heavy atom. The van der Waals surface area contributed by atoms with Gasteiger partial charge in [0.25, 0.3) is 0 Å². The Hall–Kier alpha value is -3.06. The number of amides is 1. The monoisotopic (exact) mass is 534 g/mol. The van der Waals surface area contributed by atoms with Crippen LogP contribution in [0.3, 0.4) is 0 Å². The molecule has 212 valence electrons. The van der Waals surface area contributed by atoms with E-state index in [0.29, 0.717) is 24.6 Å². The lowest BCUT2D eigenvalue weighted by atomic mass is 9.87. The standard InChI is InChI=1S/C32H46N4O3/c1-5-39-31(38)25-8-12-27(13-9-25)33-28-16-19-36(20-17-28)30(37)7-6-18-34-21-23-35(24-22-34)29-14-10-26(11-15-29)32(2,3)4/h8-15,28,33H,5-7,16-24H2,1-4H3. The molecule has 2 heterocycles. The van der Waals surface area contributed by atoms with Gasteiger partial charge in [-0.15, -0.1) is 0 Å². The van der Waals surface area contributed by atoms with E-state index in [1.165, 1.54) is 11.3 Å². The molecule has 2 aromatic rings. The van der Waals surface area contributed by atoms with Crippen molar-refractivity contribution in [2.75, 3.05) is 62.6 Å². The number of piperidine rings is 1. The van der Waals surface area contributed by atoms with Crippen molar-refractivity contribution < 1.29 is 14.3 Å². The number of ether oxygens (including phenoxy) is 1. The van der Waals surface area contributed by atoms with Crippen LogP contribution in [0.15, 0.2) is 48.5 Å². The van der Waals surface area contributed by atoms with Gasteiger partial charge >= 0.3 is 5.97 Å². The highest BCUT2D eigenvalue weighted by molar-refractivity contribution is 5.89. The zero-order chi connectivity index (χ0) is 27.8. The predicted molar refractivity (Wildman–Crippen MR) is 159 cm³/mol. The van der Waals surface area contributed by atoms with Gasteiger partial charge in [-0.3, -0.25) is 9.69 Å². The molecule has 7 heteroatoms. The van der Waals surface area contributed by atoms with E-state index in [2.05, 4.69) is 60.2 Å². The van der Waals surface area contributed by atoms with Gasteiger partial charge in [0, 0.05) is 63.1 Å². The third kappa shape index (κ3) is 8.21. The summed E-state index contributed by atoms with van der Waals surface area (Å²) in [5.41, 5.74) is 4.43. The van der Waals surface area contributed by atoms with Crippen molar-refractivity contribution >= 4 is 23.3 Å². The Balaban J connectivity index is 1.11. The van der Waals surface area contributed by atoms with E-state index in [-0.39, 0.29) is 17.3 Å². The minimum atomic E-state index is -0.292. The highest BCUT2D eigenvalue weighted by Gasteiger charge is 2.23. The smallest absolute Gasteiger partial charge is 0.338 e. The first-order chi connectivity index (χ1) is 18.7. The van der Waals surface area contributed by atoms with Gasteiger partial charge in [-0.2, -0.15) is 0 Å². The normalized spacial score (nSPS) is 17.2. The number of benzene rings is 2. The highest BCUT2D eigenvalue weighted by atomic mass is 16.5. The third-order valence-electron chi connectivity index (χ3n) is 7.95. The second-order valence-corrected chi connectivity index (χ2v) is 11.8. The molecule has 0 bridgehead atoms. The molecule has 7 nitrogen and oxygen atoms in total. The van der Waals surface area contributed by atoms with Crippen molar-refractivity contribution in [2.24, 2.45) is 0 Å². The fraction of sp³-hybridized carbons (Fsp3) is 0.562. The minimum Gasteiger partial charge on any atom is -0.462 e. The number of piperazine rings is 1. The second kappa shape index (κ2) is 13.3. The topological polar surface area (TPSA) is 65.1 Å². The maximum atomic E-state index is 12.8. The van der Waals surface area contributed by atoms with Crippen LogP contribution < -0.4 is 10.2 Å². The van der Waals surface area contributed by atoms with Gasteiger partial charge in [-0.05, 0) is 80.1 Å². The molecule has 1 N–H and O–H groups in total. The van der Waals surface area contributed by atoms with E-state index in [4.69, 9.17) is 4.74 Å². The summed E-state index contributed by atoms with van der Waals surface area (Å²) < 4.78 is 5.05. The van der Waals surface area contributed by atoms with Crippen molar-refractivity contribution in [3.8, 4) is 0 Å². The van der Waals surface area contributed by atoms with Crippen molar-refractivity contribution in [2.45, 2.75) is 64.8 Å². The summed E-state index contributed by atoms with van der Waals surface area (Å²) in [6.07, 6.45) is 3.42. The first kappa shape index (κ1) is 28.9. The number of esters is 1. The lowest BCUT2D eigenvalue weighted by molar-refractivity contribution is -0.132. The molecule has 2 aromatic carbocycles. The van der Waals surface area contributed by atoms with Crippen LogP contribution in [0.2, 0.25) is 0 Å². The van der Waals surface area contributed by atoms with Crippen molar-refractivity contribution in [1.29, 1.82) is 0 Å². The molecule has 0 radical (unpaired) electrons. The number of likely N-dealkylation sites (tertiary alicyclic amines) is 1. The molecule has 1 amide bonds. The van der Waals surface area contributed by atoms with Gasteiger partial charge in [0.2, 0.25) is 5.91 Å². The Bertz CT molecular complexity index is 1060. The number of nitrogens with zero attached hydrogens (tertiary/aromatic N) is 3. The van der Waals surface area contributed by atoms with Crippen LogP contribution in [0.4, 0.5) is 11.4 Å². The van der Waals surface area contributed by atoms with Crippen LogP contribution in [0.5, 0.6) is 0 Å². The Morgan fingerprint density at radius 2 is 1.54 bits per heavy atom. The quantitative estimate of drug-likeness (QED) is 0.448. The maximum absolute atomic E-state index is 12.8. The fourth-order valence-electron chi connectivity index (χ4n) is 5.44. The van der Waals surface area contributed by atoms with E-state index in [1.807, 2.05) is 17.0 Å². The van der Waals surface area contributed by atoms with Crippen molar-refractivity contribution in [3.63, 3.8) is 0 Å². The number of nitrogens with one attached hydrogen (secondary N) is 1. The molecule has 0 unspecified atom stereocenters. The molecule has 39 heavy (non-hydrogen) atoms. The average molecular weight is 535 g/mol. The largest absolute Gasteiger partial charge is 0.462 e. The molecule has 0 aromatic heterocycles. The van der Waals surface area contributed by atoms with Crippen molar-refractivity contribution in [1.82, 2.24) is 9.80 Å². The van der Waals surface area contributed by atoms with E-state index in [9.17, 15) is 9.59 Å². The van der Waals surface area contributed by atoms with E-state index < -0.39 is 0 Å². The van der Waals surface area contributed by atoms with Gasteiger partial charge in [0.05, 0.1) is 12.2 Å². The minimum absolute atomic E-state index is 0.183. The fourth-order valence-corrected chi connectivity index (χ4v) is 5.44. The summed E-state index contributed by atoms with van der Waals surface area (Å²) in [5.74, 6) is -0.00940. The summed E-state index contributed by atoms with van der Waals surface area (Å²) in [6.45, 7) is 15.7. The Morgan fingerprint density at radius 3 is 2.13 bits per heavy atom. The van der Waals surface area contributed by atoms with Crippen LogP contribution in [0, 0.1) is 0 Å². The average Bonchev–Trinajstić information content (AvgIpc) is 2.94. The Labute approximate surface area is 234 Å². The van der Waals surface area contributed by atoms with E-state index in [0.717, 1.165) is 70.8 Å². The van der Waals surface area contributed by atoms with Crippen molar-refractivity contribution in [3.05, 3.63) is 59.7 Å². The van der Waals surface area contributed by atoms with Gasteiger partial charge in [-0.25, -0.2) is 4.79 Å². The van der Waals surface area contributed by atoms with Gasteiger partial charge in [-0.1, -0.05) is 32.9 Å². The lowest BCUT2D eigenvalue weighted by Gasteiger charge is -2.36. The molecule has 0 aliphatic carbocycles. The van der Waals surface area contributed by atoms with E-state index in [1.54, 1.807) is 19.1 Å². The Kier molecular flexibility index (Phi) is 9.89. The molecule has 4 rings (SSSR count). The molecule has 0 spiro atoms. The molecule has 2 fully saturated rings. The molecule has 0 atom stereocenters. The molecule has 2 aliphatic heterocycles. The summed E-state index contributed by atoms with van der Waals surface area (Å²) in [5, 5.41) is 3.55. The summed E-state index contributed by atoms with van der Waals surface area (Å²) in [4.78, 5) is 31.7. The van der Waals surface area contributed by atoms with Gasteiger partial charge in [0.15, 0.2) is 0 Å². The number of rotatable bonds is 9. The molecular weight excluding hydrogens is 488 g/mol. The predicted octanol–water partition coefficient (Wildman–Crippen LogP) is 5.17. The first-order valence-corrected chi connectivity index (χ1v) is 14.6. The zero-order valence-electron chi connectivity index (χ0n) is 24.2. The van der Waals surface area contributed by atoms with Crippen LogP contribution in [0.25, 0.3) is 0 Å². The molecule has 2 aliphatic rings. The van der Waals surface area contributed by atoms with E-state index >= 15 is 0 Å². The van der Waals surface area contributed by atoms with Crippen LogP contribution >= 0.6 is 0 Å². The first-order valence-electron chi connectivity index (χ1n) is 14.6. The summed E-state index contributed by atoms with van der Waals surface area (Å²) >= 11 is 0. The van der Waals surface area contributed by atoms with Crippen LogP contribution in [-0.4, -0.2) is 80.1 Å². The number of carbonyl (C=O) groups is 2. The number of hydrogen-bond donors (Lipinski definition) is 1. The number of hydrogen-bond acceptors (Lipinski definition) is 6. The third-order valence-corrected chi connectivity index (χ3v) is 7.95. The molecule has 2 saturated heterocycles. The molecule has 0 saturated carbocycles. The SMILES string of the molecule is CCOC(=O)c1ccc(NC2CCN(C(=O)CCCN3CCN(c4ccc(C(C)(C)C)cc4)CC3)CC2)cc1. The summed E-state index contributed by atoms with van der Waals surface area (Å²) in [7, 11) is 0. The zero-order valence-corrected chi connectivity index (χ0v) is 24.2. The summed E-state index contributed by atoms with van der Waals surface area (Å²) in [6, 6.07) is 16.8. The maximum Gasteiger partial charge on any atom is 0.338 e. The van der Waals surface area contributed by atoms with Crippen LogP contribution in [-0.2, 0) is 14.9 Å². The lowest BCUT2D eigenvalue weighted by Crippen LogP contribution is -2.47. The number of carbonyl (C=O) groups excluding carboxylic acids is 2. The molecular formula is C32H46N4O3. The van der Waals surface area contributed by atoms with Gasteiger partial charge < -0.3 is 19.9 Å². The highest BCUT2D eigenvalue weighted by Crippen LogP contribution is 2.25. The van der Waals surface area contributed by atoms with Gasteiger partial charge in [0.1, 0.15) is 0 Å². The van der Waals surface area contributed by atoms with Crippen LogP contribution in [0.1, 0.15) is 69.3 Å². The number of anilines is 2. The second-order valence-electron chi connectivity index (χ2n) is 11.8.